The van der Waals surface area contributed by atoms with Crippen molar-refractivity contribution < 1.29 is 18.7 Å². The smallest absolute Gasteiger partial charge is 0.246 e. The number of guanidine groups is 1. The molecule has 1 fully saturated rings. The summed E-state index contributed by atoms with van der Waals surface area (Å²) in [7, 11) is 0. The van der Waals surface area contributed by atoms with Crippen LogP contribution in [0.1, 0.15) is 13.3 Å². The standard InChI is InChI=1S/C21H25F2N5O2/c1-2-24-21(25-12-19(30)26-14-6-8-16(29)9-7-14)27-15-10-11-28(13-15)20-17(22)4-3-5-18(20)23/h3-9,15,29H,2,10-13H2,1H3,(H,26,30)(H2,24,25,27). The predicted octanol–water partition coefficient (Wildman–Crippen LogP) is 2.44. The van der Waals surface area contributed by atoms with Crippen LogP contribution in [0, 0.1) is 11.6 Å². The Morgan fingerprint density at radius 3 is 2.57 bits per heavy atom. The van der Waals surface area contributed by atoms with Crippen molar-refractivity contribution in [2.24, 2.45) is 4.99 Å². The first kappa shape index (κ1) is 21.4. The molecule has 2 aromatic carbocycles. The van der Waals surface area contributed by atoms with E-state index >= 15 is 0 Å². The summed E-state index contributed by atoms with van der Waals surface area (Å²) in [5.74, 6) is -0.895. The zero-order valence-electron chi connectivity index (χ0n) is 16.7. The molecule has 1 aliphatic heterocycles. The van der Waals surface area contributed by atoms with E-state index in [-0.39, 0.29) is 29.9 Å². The molecule has 7 nitrogen and oxygen atoms in total. The molecular weight excluding hydrogens is 392 g/mol. The van der Waals surface area contributed by atoms with Gasteiger partial charge in [0.1, 0.15) is 29.6 Å². The highest BCUT2D eigenvalue weighted by Gasteiger charge is 2.27. The minimum absolute atomic E-state index is 0.0167. The lowest BCUT2D eigenvalue weighted by Gasteiger charge is -2.21. The number of hydrogen-bond donors (Lipinski definition) is 4. The van der Waals surface area contributed by atoms with E-state index in [2.05, 4.69) is 20.9 Å². The van der Waals surface area contributed by atoms with Gasteiger partial charge in [0.25, 0.3) is 0 Å². The second-order valence-electron chi connectivity index (χ2n) is 6.94. The molecular formula is C21H25F2N5O2. The second kappa shape index (κ2) is 9.91. The van der Waals surface area contributed by atoms with Gasteiger partial charge in [-0.05, 0) is 49.7 Å². The van der Waals surface area contributed by atoms with Crippen molar-refractivity contribution in [1.29, 1.82) is 0 Å². The Morgan fingerprint density at radius 2 is 1.90 bits per heavy atom. The van der Waals surface area contributed by atoms with Crippen molar-refractivity contribution in [3.63, 3.8) is 0 Å². The molecule has 0 aromatic heterocycles. The fourth-order valence-corrected chi connectivity index (χ4v) is 3.28. The van der Waals surface area contributed by atoms with E-state index in [1.807, 2.05) is 6.92 Å². The summed E-state index contributed by atoms with van der Waals surface area (Å²) < 4.78 is 28.1. The van der Waals surface area contributed by atoms with Gasteiger partial charge in [0, 0.05) is 31.4 Å². The number of benzene rings is 2. The third-order valence-corrected chi connectivity index (χ3v) is 4.66. The number of phenolic OH excluding ortho intramolecular Hbond substituents is 1. The predicted molar refractivity (Wildman–Crippen MR) is 113 cm³/mol. The summed E-state index contributed by atoms with van der Waals surface area (Å²) in [5, 5.41) is 18.3. The Hall–Kier alpha value is -3.36. The summed E-state index contributed by atoms with van der Waals surface area (Å²) in [6.07, 6.45) is 0.678. The lowest BCUT2D eigenvalue weighted by atomic mass is 10.2. The van der Waals surface area contributed by atoms with E-state index in [0.717, 1.165) is 0 Å². The minimum atomic E-state index is -0.581. The summed E-state index contributed by atoms with van der Waals surface area (Å²) in [6, 6.07) is 9.92. The van der Waals surface area contributed by atoms with Gasteiger partial charge in [0.2, 0.25) is 5.91 Å². The first-order valence-electron chi connectivity index (χ1n) is 9.79. The van der Waals surface area contributed by atoms with E-state index in [1.165, 1.54) is 30.3 Å². The Balaban J connectivity index is 1.57. The molecule has 0 bridgehead atoms. The molecule has 0 aliphatic carbocycles. The summed E-state index contributed by atoms with van der Waals surface area (Å²) in [5.41, 5.74) is 0.543. The maximum atomic E-state index is 14.0. The van der Waals surface area contributed by atoms with Crippen LogP contribution < -0.4 is 20.9 Å². The van der Waals surface area contributed by atoms with Crippen LogP contribution in [0.4, 0.5) is 20.2 Å². The normalized spacial score (nSPS) is 16.4. The van der Waals surface area contributed by atoms with E-state index in [4.69, 9.17) is 0 Å². The van der Waals surface area contributed by atoms with Gasteiger partial charge in [0.05, 0.1) is 0 Å². The fourth-order valence-electron chi connectivity index (χ4n) is 3.28. The van der Waals surface area contributed by atoms with Gasteiger partial charge >= 0.3 is 0 Å². The van der Waals surface area contributed by atoms with Crippen molar-refractivity contribution in [3.8, 4) is 5.75 Å². The molecule has 3 rings (SSSR count). The number of anilines is 2. The number of carbonyl (C=O) groups is 1. The molecule has 1 aliphatic rings. The topological polar surface area (TPSA) is 89.0 Å². The number of phenols is 1. The van der Waals surface area contributed by atoms with Crippen LogP contribution in [0.5, 0.6) is 5.75 Å². The van der Waals surface area contributed by atoms with Crippen molar-refractivity contribution in [1.82, 2.24) is 10.6 Å². The SMILES string of the molecule is CCNC(=NCC(=O)Nc1ccc(O)cc1)NC1CCN(c2c(F)cccc2F)C1. The molecule has 1 saturated heterocycles. The lowest BCUT2D eigenvalue weighted by Crippen LogP contribution is -2.45. The Morgan fingerprint density at radius 1 is 1.20 bits per heavy atom. The largest absolute Gasteiger partial charge is 0.508 e. The molecule has 0 spiro atoms. The van der Waals surface area contributed by atoms with Crippen LogP contribution in [0.3, 0.4) is 0 Å². The highest BCUT2D eigenvalue weighted by molar-refractivity contribution is 5.94. The molecule has 1 amide bonds. The maximum Gasteiger partial charge on any atom is 0.246 e. The van der Waals surface area contributed by atoms with Crippen LogP contribution in [-0.4, -0.2) is 49.2 Å². The van der Waals surface area contributed by atoms with Gasteiger partial charge in [0.15, 0.2) is 5.96 Å². The minimum Gasteiger partial charge on any atom is -0.508 e. The zero-order chi connectivity index (χ0) is 21.5. The average molecular weight is 417 g/mol. The number of hydrogen-bond acceptors (Lipinski definition) is 4. The van der Waals surface area contributed by atoms with Crippen LogP contribution in [0.25, 0.3) is 0 Å². The van der Waals surface area contributed by atoms with Gasteiger partial charge in [-0.25, -0.2) is 13.8 Å². The first-order valence-corrected chi connectivity index (χ1v) is 9.79. The molecule has 9 heteroatoms. The lowest BCUT2D eigenvalue weighted by molar-refractivity contribution is -0.114. The highest BCUT2D eigenvalue weighted by atomic mass is 19.1. The van der Waals surface area contributed by atoms with Crippen molar-refractivity contribution >= 4 is 23.2 Å². The Kier molecular flexibility index (Phi) is 7.05. The molecule has 1 heterocycles. The highest BCUT2D eigenvalue weighted by Crippen LogP contribution is 2.26. The average Bonchev–Trinajstić information content (AvgIpc) is 3.16. The number of para-hydroxylation sites is 1. The summed E-state index contributed by atoms with van der Waals surface area (Å²) >= 11 is 0. The van der Waals surface area contributed by atoms with E-state index in [1.54, 1.807) is 17.0 Å². The third-order valence-electron chi connectivity index (χ3n) is 4.66. The monoisotopic (exact) mass is 417 g/mol. The van der Waals surface area contributed by atoms with Gasteiger partial charge in [-0.15, -0.1) is 0 Å². The number of nitrogens with one attached hydrogen (secondary N) is 3. The molecule has 160 valence electrons. The van der Waals surface area contributed by atoms with Gasteiger partial charge in [-0.3, -0.25) is 4.79 Å². The molecule has 4 N–H and O–H groups in total. The van der Waals surface area contributed by atoms with Crippen LogP contribution >= 0.6 is 0 Å². The van der Waals surface area contributed by atoms with Crippen molar-refractivity contribution in [2.75, 3.05) is 36.4 Å². The second-order valence-corrected chi connectivity index (χ2v) is 6.94. The molecule has 1 atom stereocenters. The van der Waals surface area contributed by atoms with Crippen molar-refractivity contribution in [3.05, 3.63) is 54.1 Å². The molecule has 2 aromatic rings. The van der Waals surface area contributed by atoms with E-state index < -0.39 is 11.6 Å². The number of rotatable bonds is 6. The van der Waals surface area contributed by atoms with Gasteiger partial charge < -0.3 is 26.0 Å². The molecule has 1 unspecified atom stereocenters. The maximum absolute atomic E-state index is 14.0. The van der Waals surface area contributed by atoms with Gasteiger partial charge in [-0.2, -0.15) is 0 Å². The first-order chi connectivity index (χ1) is 14.5. The molecule has 0 saturated carbocycles. The van der Waals surface area contributed by atoms with E-state index in [0.29, 0.717) is 37.7 Å². The third kappa shape index (κ3) is 5.59. The van der Waals surface area contributed by atoms with Crippen LogP contribution in [0.15, 0.2) is 47.5 Å². The Bertz CT molecular complexity index is 885. The number of aromatic hydroxyl groups is 1. The van der Waals surface area contributed by atoms with E-state index in [9.17, 15) is 18.7 Å². The van der Waals surface area contributed by atoms with Crippen LogP contribution in [0.2, 0.25) is 0 Å². The fraction of sp³-hybridized carbons (Fsp3) is 0.333. The number of nitrogens with zero attached hydrogens (tertiary/aromatic N) is 2. The van der Waals surface area contributed by atoms with Gasteiger partial charge in [-0.1, -0.05) is 6.07 Å². The zero-order valence-corrected chi connectivity index (χ0v) is 16.7. The van der Waals surface area contributed by atoms with Crippen molar-refractivity contribution in [2.45, 2.75) is 19.4 Å². The Labute approximate surface area is 173 Å². The quantitative estimate of drug-likeness (QED) is 0.329. The summed E-state index contributed by atoms with van der Waals surface area (Å²) in [4.78, 5) is 18.1. The molecule has 30 heavy (non-hydrogen) atoms. The number of carbonyl (C=O) groups excluding carboxylic acids is 1. The number of halogens is 2. The molecule has 0 radical (unpaired) electrons. The van der Waals surface area contributed by atoms with Crippen LogP contribution in [-0.2, 0) is 4.79 Å². The number of amides is 1. The number of aliphatic imine (C=N–C) groups is 1. The summed E-state index contributed by atoms with van der Waals surface area (Å²) in [6.45, 7) is 3.33.